The van der Waals surface area contributed by atoms with E-state index in [0.717, 1.165) is 67.1 Å². The van der Waals surface area contributed by atoms with Gasteiger partial charge in [-0.2, -0.15) is 0 Å². The zero-order valence-corrected chi connectivity index (χ0v) is 37.2. The Hall–Kier alpha value is -8.15. The van der Waals surface area contributed by atoms with E-state index in [4.69, 9.17) is 13.8 Å². The molecule has 0 N–H and O–H groups in total. The molecule has 316 valence electrons. The maximum atomic E-state index is 7.10. The highest BCUT2D eigenvalue weighted by Crippen LogP contribution is 2.54. The first-order valence-electron chi connectivity index (χ1n) is 22.8. The van der Waals surface area contributed by atoms with Crippen LogP contribution in [0, 0.1) is 0 Å². The molecule has 0 aliphatic heterocycles. The Morgan fingerprint density at radius 3 is 1.53 bits per heavy atom. The van der Waals surface area contributed by atoms with Crippen LogP contribution in [0.3, 0.4) is 0 Å². The Labute approximate surface area is 383 Å². The Balaban J connectivity index is 1.08. The summed E-state index contributed by atoms with van der Waals surface area (Å²) >= 11 is 0. The predicted octanol–water partition coefficient (Wildman–Crippen LogP) is 16.9. The lowest BCUT2D eigenvalue weighted by Crippen LogP contribution is -2.17. The number of hydrogen-bond donors (Lipinski definition) is 0. The second-order valence-electron chi connectivity index (χ2n) is 18.8. The minimum Gasteiger partial charge on any atom is -0.456 e. The molecular weight excluding hydrogens is 807 g/mol. The lowest BCUT2D eigenvalue weighted by molar-refractivity contribution is 0.620. The molecule has 0 unspecified atom stereocenters. The van der Waals surface area contributed by atoms with Crippen LogP contribution in [0.5, 0.6) is 0 Å². The van der Waals surface area contributed by atoms with E-state index < -0.39 is 0 Å². The van der Waals surface area contributed by atoms with Crippen LogP contribution < -0.4 is 9.80 Å². The van der Waals surface area contributed by atoms with Crippen LogP contribution in [0.2, 0.25) is 0 Å². The van der Waals surface area contributed by atoms with E-state index in [0.29, 0.717) is 11.5 Å². The van der Waals surface area contributed by atoms with E-state index in [1.807, 2.05) is 24.3 Å². The van der Waals surface area contributed by atoms with Crippen molar-refractivity contribution in [3.63, 3.8) is 0 Å². The summed E-state index contributed by atoms with van der Waals surface area (Å²) in [6.45, 7) is 9.36. The van der Waals surface area contributed by atoms with E-state index in [2.05, 4.69) is 213 Å². The summed E-state index contributed by atoms with van der Waals surface area (Å²) in [6.07, 6.45) is 0. The number of rotatable bonds is 7. The summed E-state index contributed by atoms with van der Waals surface area (Å²) in [7, 11) is 0. The molecule has 0 fully saturated rings. The van der Waals surface area contributed by atoms with Crippen molar-refractivity contribution < 1.29 is 8.83 Å². The second-order valence-corrected chi connectivity index (χ2v) is 18.8. The minimum absolute atomic E-state index is 0.178. The molecule has 11 aromatic rings. The molecule has 2 heterocycles. The van der Waals surface area contributed by atoms with Gasteiger partial charge in [0.1, 0.15) is 16.7 Å². The number of hydrogen-bond acceptors (Lipinski definition) is 5. The van der Waals surface area contributed by atoms with Crippen LogP contribution in [0.4, 0.5) is 34.1 Å². The molecule has 5 heteroatoms. The largest absolute Gasteiger partial charge is 0.456 e. The Kier molecular flexibility index (Phi) is 8.23. The molecule has 66 heavy (non-hydrogen) atoms. The molecule has 0 bridgehead atoms. The number of para-hydroxylation sites is 3. The van der Waals surface area contributed by atoms with Gasteiger partial charge in [0.2, 0.25) is 5.89 Å². The smallest absolute Gasteiger partial charge is 0.228 e. The summed E-state index contributed by atoms with van der Waals surface area (Å²) in [5, 5.41) is 2.00. The SMILES string of the molecule is CC1(C)c2ccccc2-c2ccc(N(c3ccccc3)c3cc(N(c4ccccc4)c4ccc5c(c4)C(C)(C)c4ccccc4-5)c4nc(-c5cccc6oc7ccccc7c56)oc4c3)cc21. The lowest BCUT2D eigenvalue weighted by Gasteiger charge is -2.31. The monoisotopic (exact) mass is 851 g/mol. The highest BCUT2D eigenvalue weighted by atomic mass is 16.3. The number of furan rings is 1. The fourth-order valence-corrected chi connectivity index (χ4v) is 11.1. The van der Waals surface area contributed by atoms with Crippen molar-refractivity contribution in [1.82, 2.24) is 4.98 Å². The molecule has 5 nitrogen and oxygen atoms in total. The molecule has 0 atom stereocenters. The molecule has 0 amide bonds. The van der Waals surface area contributed by atoms with Gasteiger partial charge in [0, 0.05) is 56.0 Å². The summed E-state index contributed by atoms with van der Waals surface area (Å²) in [5.74, 6) is 0.530. The van der Waals surface area contributed by atoms with Crippen molar-refractivity contribution in [2.24, 2.45) is 0 Å². The van der Waals surface area contributed by atoms with Crippen LogP contribution in [0.25, 0.3) is 66.7 Å². The van der Waals surface area contributed by atoms with Gasteiger partial charge in [0.05, 0.1) is 11.4 Å². The van der Waals surface area contributed by atoms with Crippen molar-refractivity contribution in [2.45, 2.75) is 38.5 Å². The predicted molar refractivity (Wildman–Crippen MR) is 271 cm³/mol. The maximum absolute atomic E-state index is 7.10. The average Bonchev–Trinajstić information content (AvgIpc) is 4.08. The van der Waals surface area contributed by atoms with E-state index in [1.165, 1.54) is 44.5 Å². The number of aromatic nitrogens is 1. The van der Waals surface area contributed by atoms with Gasteiger partial charge in [0.15, 0.2) is 5.58 Å². The fourth-order valence-electron chi connectivity index (χ4n) is 11.1. The fraction of sp³-hybridized carbons (Fsp3) is 0.0984. The van der Waals surface area contributed by atoms with Gasteiger partial charge in [-0.1, -0.05) is 149 Å². The normalized spacial score (nSPS) is 14.0. The third-order valence-corrected chi connectivity index (χ3v) is 14.3. The van der Waals surface area contributed by atoms with Gasteiger partial charge in [-0.05, 0) is 117 Å². The first kappa shape index (κ1) is 38.3. The van der Waals surface area contributed by atoms with Gasteiger partial charge in [-0.25, -0.2) is 4.98 Å². The molecule has 2 aliphatic carbocycles. The third kappa shape index (κ3) is 5.62. The van der Waals surface area contributed by atoms with Gasteiger partial charge >= 0.3 is 0 Å². The van der Waals surface area contributed by atoms with E-state index in [1.54, 1.807) is 0 Å². The molecule has 13 rings (SSSR count). The minimum atomic E-state index is -0.195. The molecule has 0 radical (unpaired) electrons. The van der Waals surface area contributed by atoms with Crippen molar-refractivity contribution in [3.8, 4) is 33.7 Å². The van der Waals surface area contributed by atoms with Gasteiger partial charge in [-0.3, -0.25) is 0 Å². The molecule has 2 aliphatic rings. The molecular formula is C61H45N3O2. The topological polar surface area (TPSA) is 45.7 Å². The first-order chi connectivity index (χ1) is 32.2. The highest BCUT2D eigenvalue weighted by molar-refractivity contribution is 6.12. The van der Waals surface area contributed by atoms with Gasteiger partial charge in [-0.15, -0.1) is 0 Å². The zero-order chi connectivity index (χ0) is 44.3. The van der Waals surface area contributed by atoms with Crippen LogP contribution in [0.1, 0.15) is 49.9 Å². The van der Waals surface area contributed by atoms with Gasteiger partial charge < -0.3 is 18.6 Å². The summed E-state index contributed by atoms with van der Waals surface area (Å²) < 4.78 is 13.5. The third-order valence-electron chi connectivity index (χ3n) is 14.3. The molecule has 0 saturated carbocycles. The number of benzene rings is 9. The molecule has 9 aromatic carbocycles. The summed E-state index contributed by atoms with van der Waals surface area (Å²) in [5.41, 5.74) is 20.0. The molecule has 0 saturated heterocycles. The Morgan fingerprint density at radius 1 is 0.364 bits per heavy atom. The zero-order valence-electron chi connectivity index (χ0n) is 37.2. The van der Waals surface area contributed by atoms with Crippen molar-refractivity contribution in [3.05, 3.63) is 222 Å². The van der Waals surface area contributed by atoms with Crippen LogP contribution in [0.15, 0.2) is 209 Å². The second kappa shape index (κ2) is 14.2. The maximum Gasteiger partial charge on any atom is 0.228 e. The average molecular weight is 852 g/mol. The molecule has 0 spiro atoms. The quantitative estimate of drug-likeness (QED) is 0.160. The van der Waals surface area contributed by atoms with Crippen molar-refractivity contribution >= 4 is 67.2 Å². The Bertz CT molecular complexity index is 3730. The van der Waals surface area contributed by atoms with Crippen LogP contribution in [-0.2, 0) is 10.8 Å². The first-order valence-corrected chi connectivity index (χ1v) is 22.8. The van der Waals surface area contributed by atoms with Crippen LogP contribution >= 0.6 is 0 Å². The number of oxazole rings is 1. The van der Waals surface area contributed by atoms with E-state index in [9.17, 15) is 0 Å². The lowest BCUT2D eigenvalue weighted by atomic mass is 9.82. The van der Waals surface area contributed by atoms with Crippen molar-refractivity contribution in [1.29, 1.82) is 0 Å². The standard InChI is InChI=1S/C61H45N3O2/c1-60(2)49-26-14-11-22-43(49)45-32-30-40(34-51(45)60)63(38-18-7-5-8-19-38)42-36-53(58-56(37-42)66-59(62-58)48-25-17-29-55-57(48)47-24-13-16-28-54(47)65-55)64(39-20-9-6-10-21-39)41-31-33-46-44-23-12-15-27-50(44)61(3,4)52(46)35-41/h5-37H,1-4H3. The highest BCUT2D eigenvalue weighted by Gasteiger charge is 2.38. The number of nitrogens with zero attached hydrogens (tertiary/aromatic N) is 3. The van der Waals surface area contributed by atoms with Crippen LogP contribution in [-0.4, -0.2) is 4.98 Å². The van der Waals surface area contributed by atoms with Gasteiger partial charge in [0.25, 0.3) is 0 Å². The summed E-state index contributed by atoms with van der Waals surface area (Å²) in [6, 6.07) is 71.6. The number of anilines is 6. The Morgan fingerprint density at radius 2 is 0.879 bits per heavy atom. The van der Waals surface area contributed by atoms with E-state index in [-0.39, 0.29) is 10.8 Å². The molecule has 2 aromatic heterocycles. The van der Waals surface area contributed by atoms with Crippen molar-refractivity contribution in [2.75, 3.05) is 9.80 Å². The summed E-state index contributed by atoms with van der Waals surface area (Å²) in [4.78, 5) is 10.2. The van der Waals surface area contributed by atoms with E-state index >= 15 is 0 Å². The number of fused-ring (bicyclic) bond motifs is 10.